The molecule has 1 aliphatic heterocycles. The van der Waals surface area contributed by atoms with E-state index in [1.54, 1.807) is 30.5 Å². The van der Waals surface area contributed by atoms with Crippen LogP contribution in [0.4, 0.5) is 0 Å². The summed E-state index contributed by atoms with van der Waals surface area (Å²) in [6.45, 7) is 2.37. The van der Waals surface area contributed by atoms with E-state index in [4.69, 9.17) is 4.74 Å². The summed E-state index contributed by atoms with van der Waals surface area (Å²) in [4.78, 5) is 6.99. The lowest BCUT2D eigenvalue weighted by molar-refractivity contribution is 0.197. The predicted octanol–water partition coefficient (Wildman–Crippen LogP) is 2.58. The van der Waals surface area contributed by atoms with Gasteiger partial charge in [-0.2, -0.15) is 0 Å². The Hall–Kier alpha value is -2.12. The molecule has 7 heteroatoms. The van der Waals surface area contributed by atoms with E-state index < -0.39 is 9.84 Å². The number of phenols is 1. The van der Waals surface area contributed by atoms with E-state index >= 15 is 0 Å². The van der Waals surface area contributed by atoms with Gasteiger partial charge >= 0.3 is 0 Å². The van der Waals surface area contributed by atoms with Gasteiger partial charge in [-0.25, -0.2) is 8.42 Å². The monoisotopic (exact) mass is 376 g/mol. The quantitative estimate of drug-likeness (QED) is 0.864. The van der Waals surface area contributed by atoms with Crippen molar-refractivity contribution in [2.75, 3.05) is 26.5 Å². The van der Waals surface area contributed by atoms with Crippen molar-refractivity contribution in [3.05, 3.63) is 47.8 Å². The molecular formula is C19H24N2O4S. The smallest absolute Gasteiger partial charge is 0.177 e. The van der Waals surface area contributed by atoms with E-state index in [1.165, 1.54) is 13.4 Å². The van der Waals surface area contributed by atoms with Gasteiger partial charge in [0.1, 0.15) is 0 Å². The standard InChI is InChI=1S/C19H24N2O4S/c1-25-17-8-7-14(11-16(17)22)12-21-10-4-5-15(13-21)19-18(26(2,23)24)6-3-9-20-19/h3,6-9,11,15,22H,4-5,10,12-13H2,1-2H3. The first-order valence-corrected chi connectivity index (χ1v) is 10.5. The first kappa shape index (κ1) is 18.7. The summed E-state index contributed by atoms with van der Waals surface area (Å²) in [7, 11) is -1.78. The van der Waals surface area contributed by atoms with E-state index in [1.807, 2.05) is 6.07 Å². The zero-order chi connectivity index (χ0) is 18.7. The third-order valence-electron chi connectivity index (χ3n) is 4.74. The summed E-state index contributed by atoms with van der Waals surface area (Å²) < 4.78 is 29.2. The molecule has 1 saturated heterocycles. The molecule has 1 atom stereocenters. The number of aromatic hydroxyl groups is 1. The molecule has 1 fully saturated rings. The number of sulfone groups is 1. The minimum absolute atomic E-state index is 0.0847. The van der Waals surface area contributed by atoms with Crippen molar-refractivity contribution >= 4 is 9.84 Å². The minimum Gasteiger partial charge on any atom is -0.504 e. The maximum absolute atomic E-state index is 12.1. The maximum atomic E-state index is 12.1. The van der Waals surface area contributed by atoms with Gasteiger partial charge in [-0.05, 0) is 49.2 Å². The Morgan fingerprint density at radius 2 is 2.15 bits per heavy atom. The van der Waals surface area contributed by atoms with Gasteiger partial charge in [0, 0.05) is 31.5 Å². The maximum Gasteiger partial charge on any atom is 0.177 e. The number of ether oxygens (including phenoxy) is 1. The van der Waals surface area contributed by atoms with Crippen LogP contribution < -0.4 is 4.74 Å². The van der Waals surface area contributed by atoms with Crippen LogP contribution in [0.15, 0.2) is 41.4 Å². The molecule has 1 aromatic heterocycles. The van der Waals surface area contributed by atoms with Crippen LogP contribution in [0.5, 0.6) is 11.5 Å². The van der Waals surface area contributed by atoms with Crippen molar-refractivity contribution in [2.45, 2.75) is 30.2 Å². The Kier molecular flexibility index (Phi) is 5.48. The molecule has 26 heavy (non-hydrogen) atoms. The number of piperidine rings is 1. The number of nitrogens with zero attached hydrogens (tertiary/aromatic N) is 2. The lowest BCUT2D eigenvalue weighted by Crippen LogP contribution is -2.34. The Morgan fingerprint density at radius 1 is 1.35 bits per heavy atom. The zero-order valence-corrected chi connectivity index (χ0v) is 15.9. The fourth-order valence-electron chi connectivity index (χ4n) is 3.54. The highest BCUT2D eigenvalue weighted by Crippen LogP contribution is 2.31. The van der Waals surface area contributed by atoms with Crippen LogP contribution >= 0.6 is 0 Å². The molecule has 2 aromatic rings. The van der Waals surface area contributed by atoms with Gasteiger partial charge in [-0.1, -0.05) is 6.07 Å². The van der Waals surface area contributed by atoms with Crippen LogP contribution in [-0.4, -0.2) is 49.9 Å². The van der Waals surface area contributed by atoms with Crippen LogP contribution in [-0.2, 0) is 16.4 Å². The fourth-order valence-corrected chi connectivity index (χ4v) is 4.46. The van der Waals surface area contributed by atoms with Crippen LogP contribution in [0.25, 0.3) is 0 Å². The third kappa shape index (κ3) is 4.16. The number of benzene rings is 1. The van der Waals surface area contributed by atoms with Gasteiger partial charge < -0.3 is 9.84 Å². The van der Waals surface area contributed by atoms with Gasteiger partial charge in [0.2, 0.25) is 0 Å². The number of methoxy groups -OCH3 is 1. The predicted molar refractivity (Wildman–Crippen MR) is 99.3 cm³/mol. The topological polar surface area (TPSA) is 79.7 Å². The van der Waals surface area contributed by atoms with Crippen molar-refractivity contribution < 1.29 is 18.3 Å². The molecule has 3 rings (SSSR count). The van der Waals surface area contributed by atoms with E-state index in [2.05, 4.69) is 9.88 Å². The largest absolute Gasteiger partial charge is 0.504 e. The van der Waals surface area contributed by atoms with Gasteiger partial charge in [0.05, 0.1) is 17.7 Å². The molecule has 2 heterocycles. The number of likely N-dealkylation sites (tertiary alicyclic amines) is 1. The molecule has 0 saturated carbocycles. The Bertz CT molecular complexity index is 883. The first-order valence-electron chi connectivity index (χ1n) is 8.61. The summed E-state index contributed by atoms with van der Waals surface area (Å²) in [6.07, 6.45) is 4.79. The van der Waals surface area contributed by atoms with Crippen molar-refractivity contribution in [2.24, 2.45) is 0 Å². The van der Waals surface area contributed by atoms with Crippen molar-refractivity contribution in [3.8, 4) is 11.5 Å². The number of aromatic nitrogens is 1. The zero-order valence-electron chi connectivity index (χ0n) is 15.1. The fraction of sp³-hybridized carbons (Fsp3) is 0.421. The molecule has 0 bridgehead atoms. The third-order valence-corrected chi connectivity index (χ3v) is 5.89. The van der Waals surface area contributed by atoms with E-state index in [0.29, 0.717) is 22.9 Å². The highest BCUT2D eigenvalue weighted by molar-refractivity contribution is 7.90. The van der Waals surface area contributed by atoms with Gasteiger partial charge in [0.15, 0.2) is 21.3 Å². The lowest BCUT2D eigenvalue weighted by atomic mass is 9.94. The second-order valence-corrected chi connectivity index (χ2v) is 8.72. The molecule has 1 unspecified atom stereocenters. The van der Waals surface area contributed by atoms with Crippen molar-refractivity contribution in [3.63, 3.8) is 0 Å². The number of hydrogen-bond acceptors (Lipinski definition) is 6. The summed E-state index contributed by atoms with van der Waals surface area (Å²) in [6, 6.07) is 8.71. The van der Waals surface area contributed by atoms with Crippen LogP contribution in [0.2, 0.25) is 0 Å². The van der Waals surface area contributed by atoms with Crippen LogP contribution in [0.3, 0.4) is 0 Å². The van der Waals surface area contributed by atoms with Crippen molar-refractivity contribution in [1.29, 1.82) is 0 Å². The van der Waals surface area contributed by atoms with E-state index in [9.17, 15) is 13.5 Å². The SMILES string of the molecule is COc1ccc(CN2CCCC(c3ncccc3S(C)(=O)=O)C2)cc1O. The van der Waals surface area contributed by atoms with Gasteiger partial charge in [0.25, 0.3) is 0 Å². The molecule has 0 radical (unpaired) electrons. The number of phenolic OH excluding ortho intramolecular Hbond substituents is 1. The molecule has 0 amide bonds. The molecule has 0 aliphatic carbocycles. The molecular weight excluding hydrogens is 352 g/mol. The van der Waals surface area contributed by atoms with Gasteiger partial charge in [-0.3, -0.25) is 9.88 Å². The normalized spacial score (nSPS) is 18.6. The van der Waals surface area contributed by atoms with Crippen LogP contribution in [0.1, 0.15) is 30.0 Å². The van der Waals surface area contributed by atoms with Crippen LogP contribution in [0, 0.1) is 0 Å². The summed E-state index contributed by atoms with van der Waals surface area (Å²) in [5.41, 5.74) is 1.66. The average Bonchev–Trinajstić information content (AvgIpc) is 2.61. The molecule has 1 aliphatic rings. The lowest BCUT2D eigenvalue weighted by Gasteiger charge is -2.33. The number of pyridine rings is 1. The average molecular weight is 376 g/mol. The number of rotatable bonds is 5. The Labute approximate surface area is 154 Å². The summed E-state index contributed by atoms with van der Waals surface area (Å²) in [5, 5.41) is 9.96. The second kappa shape index (κ2) is 7.63. The van der Waals surface area contributed by atoms with E-state index in [0.717, 1.165) is 31.5 Å². The minimum atomic E-state index is -3.30. The first-order chi connectivity index (χ1) is 12.4. The molecule has 140 valence electrons. The number of hydrogen-bond donors (Lipinski definition) is 1. The molecule has 6 nitrogen and oxygen atoms in total. The molecule has 1 aromatic carbocycles. The summed E-state index contributed by atoms with van der Waals surface area (Å²) >= 11 is 0. The highest BCUT2D eigenvalue weighted by Gasteiger charge is 2.27. The van der Waals surface area contributed by atoms with Crippen molar-refractivity contribution in [1.82, 2.24) is 9.88 Å². The van der Waals surface area contributed by atoms with Gasteiger partial charge in [-0.15, -0.1) is 0 Å². The Balaban J connectivity index is 1.77. The second-order valence-electron chi connectivity index (χ2n) is 6.74. The molecule has 1 N–H and O–H groups in total. The summed E-state index contributed by atoms with van der Waals surface area (Å²) in [5.74, 6) is 0.667. The molecule has 0 spiro atoms. The van der Waals surface area contributed by atoms with E-state index in [-0.39, 0.29) is 11.7 Å². The Morgan fingerprint density at radius 3 is 2.85 bits per heavy atom. The highest BCUT2D eigenvalue weighted by atomic mass is 32.2.